The molecule has 3 N–H and O–H groups in total. The van der Waals surface area contributed by atoms with Crippen molar-refractivity contribution in [3.63, 3.8) is 0 Å². The van der Waals surface area contributed by atoms with Crippen LogP contribution in [-0.4, -0.2) is 18.4 Å². The highest BCUT2D eigenvalue weighted by atomic mass is 16.2. The number of nitrogen functional groups attached to an aromatic ring is 1. The van der Waals surface area contributed by atoms with Crippen molar-refractivity contribution < 1.29 is 9.59 Å². The molecular weight excluding hydrogens is 302 g/mol. The van der Waals surface area contributed by atoms with Crippen LogP contribution in [0.1, 0.15) is 29.9 Å². The van der Waals surface area contributed by atoms with Gasteiger partial charge in [0.15, 0.2) is 0 Å². The lowest BCUT2D eigenvalue weighted by molar-refractivity contribution is -0.124. The van der Waals surface area contributed by atoms with Crippen molar-refractivity contribution in [3.8, 4) is 0 Å². The highest BCUT2D eigenvalue weighted by Crippen LogP contribution is 2.37. The molecule has 24 heavy (non-hydrogen) atoms. The fraction of sp³-hybridized carbons (Fsp3) is 0.263. The highest BCUT2D eigenvalue weighted by molar-refractivity contribution is 6.06. The van der Waals surface area contributed by atoms with Crippen molar-refractivity contribution in [2.75, 3.05) is 22.5 Å². The molecule has 0 saturated heterocycles. The minimum atomic E-state index is -0.442. The van der Waals surface area contributed by atoms with Crippen LogP contribution < -0.4 is 16.0 Å². The minimum absolute atomic E-state index is 0.0242. The van der Waals surface area contributed by atoms with Crippen LogP contribution in [0.3, 0.4) is 0 Å². The molecule has 2 aromatic carbocycles. The Balaban J connectivity index is 1.74. The number of hydrogen-bond acceptors (Lipinski definition) is 3. The number of benzene rings is 2. The molecule has 0 spiro atoms. The summed E-state index contributed by atoms with van der Waals surface area (Å²) in [6.45, 7) is 0.662. The van der Waals surface area contributed by atoms with Crippen LogP contribution in [0.4, 0.5) is 17.1 Å². The summed E-state index contributed by atoms with van der Waals surface area (Å²) < 4.78 is 0. The van der Waals surface area contributed by atoms with Crippen molar-refractivity contribution in [2.45, 2.75) is 25.2 Å². The lowest BCUT2D eigenvalue weighted by atomic mass is 9.88. The summed E-state index contributed by atoms with van der Waals surface area (Å²) in [5, 5.41) is 2.85. The van der Waals surface area contributed by atoms with E-state index in [2.05, 4.69) is 5.32 Å². The number of nitrogens with two attached hydrogens (primary N) is 1. The topological polar surface area (TPSA) is 75.4 Å². The number of nitrogens with one attached hydrogen (secondary N) is 1. The molecule has 1 atom stereocenters. The van der Waals surface area contributed by atoms with Crippen molar-refractivity contribution in [1.29, 1.82) is 0 Å². The van der Waals surface area contributed by atoms with Crippen LogP contribution in [0.2, 0.25) is 0 Å². The van der Waals surface area contributed by atoms with Crippen molar-refractivity contribution in [3.05, 3.63) is 53.6 Å². The zero-order valence-electron chi connectivity index (χ0n) is 13.3. The molecule has 122 valence electrons. The largest absolute Gasteiger partial charge is 0.398 e. The normalized spacial score (nSPS) is 19.2. The number of carbonyl (C=O) groups excluding carboxylic acids is 2. The van der Waals surface area contributed by atoms with Gasteiger partial charge in [-0.3, -0.25) is 9.59 Å². The Bertz CT molecular complexity index is 831. The van der Waals surface area contributed by atoms with Crippen molar-refractivity contribution in [1.82, 2.24) is 0 Å². The number of anilines is 3. The van der Waals surface area contributed by atoms with E-state index in [0.29, 0.717) is 6.54 Å². The van der Waals surface area contributed by atoms with Crippen LogP contribution in [0, 0.1) is 0 Å². The van der Waals surface area contributed by atoms with Crippen LogP contribution >= 0.6 is 0 Å². The maximum atomic E-state index is 13.2. The van der Waals surface area contributed by atoms with E-state index in [1.165, 1.54) is 0 Å². The zero-order chi connectivity index (χ0) is 16.7. The second-order valence-electron chi connectivity index (χ2n) is 6.33. The number of rotatable bonds is 1. The number of fused-ring (bicyclic) bond motifs is 2. The second kappa shape index (κ2) is 5.67. The number of amides is 2. The van der Waals surface area contributed by atoms with Gasteiger partial charge in [0.05, 0.1) is 5.92 Å². The zero-order valence-corrected chi connectivity index (χ0v) is 13.3. The molecule has 2 amide bonds. The number of para-hydroxylation sites is 1. The molecule has 2 heterocycles. The quantitative estimate of drug-likeness (QED) is 0.793. The number of hydrogen-bond donors (Lipinski definition) is 2. The molecule has 0 aromatic heterocycles. The average molecular weight is 321 g/mol. The first-order chi connectivity index (χ1) is 11.6. The summed E-state index contributed by atoms with van der Waals surface area (Å²) >= 11 is 0. The summed E-state index contributed by atoms with van der Waals surface area (Å²) in [6, 6.07) is 13.2. The minimum Gasteiger partial charge on any atom is -0.398 e. The van der Waals surface area contributed by atoms with Gasteiger partial charge in [0, 0.05) is 30.0 Å². The van der Waals surface area contributed by atoms with Gasteiger partial charge in [0.2, 0.25) is 11.8 Å². The summed E-state index contributed by atoms with van der Waals surface area (Å²) in [5.41, 5.74) is 10.3. The van der Waals surface area contributed by atoms with E-state index in [-0.39, 0.29) is 18.2 Å². The molecule has 4 rings (SSSR count). The van der Waals surface area contributed by atoms with E-state index >= 15 is 0 Å². The molecular formula is C19H19N3O2. The number of carbonyl (C=O) groups is 2. The van der Waals surface area contributed by atoms with E-state index in [1.807, 2.05) is 42.5 Å². The SMILES string of the molecule is Nc1cccc2c1CCCN2C(=O)C1CC(=O)Nc2ccccc21. The third-order valence-electron chi connectivity index (χ3n) is 4.85. The molecule has 2 aromatic rings. The van der Waals surface area contributed by atoms with E-state index in [0.717, 1.165) is 41.0 Å². The smallest absolute Gasteiger partial charge is 0.235 e. The molecule has 1 unspecified atom stereocenters. The van der Waals surface area contributed by atoms with Crippen LogP contribution in [0.15, 0.2) is 42.5 Å². The summed E-state index contributed by atoms with van der Waals surface area (Å²) in [6.07, 6.45) is 1.95. The molecule has 0 aliphatic carbocycles. The van der Waals surface area contributed by atoms with Gasteiger partial charge >= 0.3 is 0 Å². The fourth-order valence-electron chi connectivity index (χ4n) is 3.70. The average Bonchev–Trinajstić information content (AvgIpc) is 2.60. The molecule has 2 aliphatic rings. The summed E-state index contributed by atoms with van der Waals surface area (Å²) in [4.78, 5) is 27.1. The van der Waals surface area contributed by atoms with Crippen LogP contribution in [0.5, 0.6) is 0 Å². The Morgan fingerprint density at radius 2 is 2.00 bits per heavy atom. The Hall–Kier alpha value is -2.82. The van der Waals surface area contributed by atoms with Crippen LogP contribution in [-0.2, 0) is 16.0 Å². The predicted octanol–water partition coefficient (Wildman–Crippen LogP) is 2.67. The van der Waals surface area contributed by atoms with Gasteiger partial charge < -0.3 is 16.0 Å². The van der Waals surface area contributed by atoms with Crippen LogP contribution in [0.25, 0.3) is 0 Å². The maximum Gasteiger partial charge on any atom is 0.235 e. The first-order valence-electron chi connectivity index (χ1n) is 8.22. The first kappa shape index (κ1) is 14.8. The van der Waals surface area contributed by atoms with Gasteiger partial charge in [0.1, 0.15) is 0 Å². The van der Waals surface area contributed by atoms with Gasteiger partial charge in [-0.2, -0.15) is 0 Å². The lowest BCUT2D eigenvalue weighted by Gasteiger charge is -2.34. The monoisotopic (exact) mass is 321 g/mol. The van der Waals surface area contributed by atoms with E-state index in [4.69, 9.17) is 5.73 Å². The fourth-order valence-corrected chi connectivity index (χ4v) is 3.70. The Kier molecular flexibility index (Phi) is 3.49. The summed E-state index contributed by atoms with van der Waals surface area (Å²) in [7, 11) is 0. The molecule has 5 heteroatoms. The molecule has 0 bridgehead atoms. The van der Waals surface area contributed by atoms with Crippen molar-refractivity contribution in [2.24, 2.45) is 0 Å². The Morgan fingerprint density at radius 1 is 1.17 bits per heavy atom. The molecule has 5 nitrogen and oxygen atoms in total. The standard InChI is InChI=1S/C19H19N3O2/c20-15-7-3-9-17-13(15)6-4-10-22(17)19(24)14-11-18(23)21-16-8-2-1-5-12(14)16/h1-3,5,7-9,14H,4,6,10-11,20H2,(H,21,23). The third kappa shape index (κ3) is 2.33. The molecule has 0 radical (unpaired) electrons. The van der Waals surface area contributed by atoms with Gasteiger partial charge in [0.25, 0.3) is 0 Å². The second-order valence-corrected chi connectivity index (χ2v) is 6.33. The summed E-state index contributed by atoms with van der Waals surface area (Å²) in [5.74, 6) is -0.581. The predicted molar refractivity (Wildman–Crippen MR) is 94.0 cm³/mol. The van der Waals surface area contributed by atoms with Gasteiger partial charge in [-0.1, -0.05) is 24.3 Å². The third-order valence-corrected chi connectivity index (χ3v) is 4.85. The molecule has 0 fully saturated rings. The van der Waals surface area contributed by atoms with Crippen molar-refractivity contribution >= 4 is 28.9 Å². The Morgan fingerprint density at radius 3 is 2.88 bits per heavy atom. The van der Waals surface area contributed by atoms with E-state index in [1.54, 1.807) is 4.90 Å². The molecule has 0 saturated carbocycles. The van der Waals surface area contributed by atoms with E-state index < -0.39 is 5.92 Å². The van der Waals surface area contributed by atoms with Gasteiger partial charge in [-0.15, -0.1) is 0 Å². The maximum absolute atomic E-state index is 13.2. The van der Waals surface area contributed by atoms with E-state index in [9.17, 15) is 9.59 Å². The number of nitrogens with zero attached hydrogens (tertiary/aromatic N) is 1. The lowest BCUT2D eigenvalue weighted by Crippen LogP contribution is -2.41. The molecule has 2 aliphatic heterocycles. The highest BCUT2D eigenvalue weighted by Gasteiger charge is 2.35. The van der Waals surface area contributed by atoms with Gasteiger partial charge in [-0.25, -0.2) is 0 Å². The Labute approximate surface area is 140 Å². The van der Waals surface area contributed by atoms with Gasteiger partial charge in [-0.05, 0) is 42.2 Å². The first-order valence-corrected chi connectivity index (χ1v) is 8.22.